The summed E-state index contributed by atoms with van der Waals surface area (Å²) in [6.07, 6.45) is 5.29. The number of amides is 4. The second-order valence-electron chi connectivity index (χ2n) is 6.37. The van der Waals surface area contributed by atoms with Crippen LogP contribution in [0.5, 0.6) is 0 Å². The van der Waals surface area contributed by atoms with Crippen molar-refractivity contribution in [3.8, 4) is 0 Å². The molecule has 3 heterocycles. The summed E-state index contributed by atoms with van der Waals surface area (Å²) >= 11 is 0. The lowest BCUT2D eigenvalue weighted by Gasteiger charge is -2.32. The average Bonchev–Trinajstić information content (AvgIpc) is 3.18. The van der Waals surface area contributed by atoms with Gasteiger partial charge in [0.05, 0.1) is 6.20 Å². The van der Waals surface area contributed by atoms with Crippen LogP contribution in [0.3, 0.4) is 0 Å². The molecule has 0 aliphatic carbocycles. The Kier molecular flexibility index (Phi) is 4.82. The molecule has 0 spiro atoms. The SMILES string of the molecule is CCc1cn[nH]c1C1CCN(C(=O)CC[C@@H]2NC(=O)NC2=O)CC1. The topological polar surface area (TPSA) is 107 Å². The third-order valence-corrected chi connectivity index (χ3v) is 4.89. The van der Waals surface area contributed by atoms with Gasteiger partial charge in [0.25, 0.3) is 5.91 Å². The predicted octanol–water partition coefficient (Wildman–Crippen LogP) is 0.666. The standard InChI is InChI=1S/C16H23N5O3/c1-2-10-9-17-20-14(10)11-5-7-21(8-6-11)13(22)4-3-12-15(23)19-16(24)18-12/h9,11-12H,2-8H2,1H3,(H,17,20)(H2,18,19,23,24)/t12-/m0/s1. The van der Waals surface area contributed by atoms with E-state index < -0.39 is 12.1 Å². The molecule has 0 aromatic carbocycles. The van der Waals surface area contributed by atoms with E-state index in [4.69, 9.17) is 0 Å². The molecule has 8 nitrogen and oxygen atoms in total. The van der Waals surface area contributed by atoms with Crippen LogP contribution in [-0.4, -0.2) is 52.1 Å². The number of carbonyl (C=O) groups excluding carboxylic acids is 3. The molecule has 1 aromatic heterocycles. The number of piperidine rings is 1. The lowest BCUT2D eigenvalue weighted by molar-refractivity contribution is -0.132. The summed E-state index contributed by atoms with van der Waals surface area (Å²) in [5.74, 6) is 0.118. The fourth-order valence-electron chi connectivity index (χ4n) is 3.46. The number of hydrogen-bond acceptors (Lipinski definition) is 4. The van der Waals surface area contributed by atoms with Gasteiger partial charge in [-0.05, 0) is 31.2 Å². The van der Waals surface area contributed by atoms with Crippen molar-refractivity contribution < 1.29 is 14.4 Å². The largest absolute Gasteiger partial charge is 0.343 e. The Hall–Kier alpha value is -2.38. The van der Waals surface area contributed by atoms with Gasteiger partial charge in [0.1, 0.15) is 6.04 Å². The smallest absolute Gasteiger partial charge is 0.322 e. The Labute approximate surface area is 140 Å². The maximum absolute atomic E-state index is 12.3. The van der Waals surface area contributed by atoms with E-state index >= 15 is 0 Å². The number of aromatic amines is 1. The molecule has 2 aliphatic heterocycles. The van der Waals surface area contributed by atoms with Crippen LogP contribution in [0, 0.1) is 0 Å². The van der Waals surface area contributed by atoms with Crippen LogP contribution < -0.4 is 10.6 Å². The lowest BCUT2D eigenvalue weighted by atomic mass is 9.90. The van der Waals surface area contributed by atoms with Gasteiger partial charge >= 0.3 is 6.03 Å². The summed E-state index contributed by atoms with van der Waals surface area (Å²) in [7, 11) is 0. The second kappa shape index (κ2) is 7.02. The molecule has 0 unspecified atom stereocenters. The van der Waals surface area contributed by atoms with E-state index in [2.05, 4.69) is 27.8 Å². The van der Waals surface area contributed by atoms with Gasteiger partial charge in [-0.25, -0.2) is 4.79 Å². The Morgan fingerprint density at radius 3 is 2.71 bits per heavy atom. The van der Waals surface area contributed by atoms with E-state index in [1.54, 1.807) is 0 Å². The van der Waals surface area contributed by atoms with Gasteiger partial charge in [0.15, 0.2) is 0 Å². The minimum absolute atomic E-state index is 0.0442. The van der Waals surface area contributed by atoms with E-state index in [-0.39, 0.29) is 18.2 Å². The van der Waals surface area contributed by atoms with Crippen molar-refractivity contribution in [3.05, 3.63) is 17.5 Å². The summed E-state index contributed by atoms with van der Waals surface area (Å²) < 4.78 is 0. The summed E-state index contributed by atoms with van der Waals surface area (Å²) in [6, 6.07) is -1.07. The van der Waals surface area contributed by atoms with Gasteiger partial charge in [-0.2, -0.15) is 5.10 Å². The lowest BCUT2D eigenvalue weighted by Crippen LogP contribution is -2.39. The van der Waals surface area contributed by atoms with Crippen molar-refractivity contribution in [1.82, 2.24) is 25.7 Å². The molecule has 8 heteroatoms. The summed E-state index contributed by atoms with van der Waals surface area (Å²) in [5, 5.41) is 11.9. The maximum Gasteiger partial charge on any atom is 0.322 e. The van der Waals surface area contributed by atoms with Gasteiger partial charge in [-0.1, -0.05) is 6.92 Å². The number of nitrogens with zero attached hydrogens (tertiary/aromatic N) is 2. The molecule has 1 atom stereocenters. The van der Waals surface area contributed by atoms with Gasteiger partial charge < -0.3 is 10.2 Å². The Morgan fingerprint density at radius 1 is 1.33 bits per heavy atom. The number of aromatic nitrogens is 2. The number of hydrogen-bond donors (Lipinski definition) is 3. The first kappa shape index (κ1) is 16.5. The highest BCUT2D eigenvalue weighted by Crippen LogP contribution is 2.29. The van der Waals surface area contributed by atoms with E-state index in [9.17, 15) is 14.4 Å². The van der Waals surface area contributed by atoms with Crippen molar-refractivity contribution in [2.24, 2.45) is 0 Å². The van der Waals surface area contributed by atoms with E-state index in [1.807, 2.05) is 11.1 Å². The molecule has 2 aliphatic rings. The number of urea groups is 1. The number of rotatable bonds is 5. The minimum atomic E-state index is -0.587. The molecule has 2 saturated heterocycles. The first-order valence-corrected chi connectivity index (χ1v) is 8.49. The number of carbonyl (C=O) groups is 3. The fourth-order valence-corrected chi connectivity index (χ4v) is 3.46. The fraction of sp³-hybridized carbons (Fsp3) is 0.625. The molecule has 3 rings (SSSR count). The van der Waals surface area contributed by atoms with Crippen LogP contribution in [0.1, 0.15) is 49.8 Å². The molecule has 3 N–H and O–H groups in total. The molecule has 24 heavy (non-hydrogen) atoms. The molecule has 0 bridgehead atoms. The van der Waals surface area contributed by atoms with Crippen LogP contribution in [0.4, 0.5) is 4.79 Å². The Balaban J connectivity index is 1.47. The number of H-pyrrole nitrogens is 1. The van der Waals surface area contributed by atoms with Crippen LogP contribution in [0.15, 0.2) is 6.20 Å². The summed E-state index contributed by atoms with van der Waals surface area (Å²) in [6.45, 7) is 3.55. The third kappa shape index (κ3) is 3.42. The number of aryl methyl sites for hydroxylation is 1. The van der Waals surface area contributed by atoms with Gasteiger partial charge in [0.2, 0.25) is 5.91 Å². The normalized spacial score (nSPS) is 21.7. The maximum atomic E-state index is 12.3. The van der Waals surface area contributed by atoms with Crippen molar-refractivity contribution in [3.63, 3.8) is 0 Å². The predicted molar refractivity (Wildman–Crippen MR) is 86.2 cm³/mol. The van der Waals surface area contributed by atoms with Gasteiger partial charge in [0, 0.05) is 31.1 Å². The van der Waals surface area contributed by atoms with E-state index in [0.29, 0.717) is 12.3 Å². The zero-order valence-electron chi connectivity index (χ0n) is 13.8. The van der Waals surface area contributed by atoms with Crippen LogP contribution >= 0.6 is 0 Å². The molecular weight excluding hydrogens is 310 g/mol. The third-order valence-electron chi connectivity index (χ3n) is 4.89. The molecule has 4 amide bonds. The number of imide groups is 1. The van der Waals surface area contributed by atoms with Gasteiger partial charge in [-0.15, -0.1) is 0 Å². The van der Waals surface area contributed by atoms with Crippen molar-refractivity contribution in [1.29, 1.82) is 0 Å². The van der Waals surface area contributed by atoms with Crippen molar-refractivity contribution in [2.45, 2.75) is 51.0 Å². The van der Waals surface area contributed by atoms with Gasteiger partial charge in [-0.3, -0.25) is 20.0 Å². The zero-order chi connectivity index (χ0) is 17.1. The minimum Gasteiger partial charge on any atom is -0.343 e. The first-order valence-electron chi connectivity index (χ1n) is 8.49. The monoisotopic (exact) mass is 333 g/mol. The molecule has 0 saturated carbocycles. The Bertz CT molecular complexity index is 633. The highest BCUT2D eigenvalue weighted by Gasteiger charge is 2.31. The summed E-state index contributed by atoms with van der Waals surface area (Å²) in [5.41, 5.74) is 2.46. The molecule has 2 fully saturated rings. The quantitative estimate of drug-likeness (QED) is 0.688. The number of nitrogens with one attached hydrogen (secondary N) is 3. The highest BCUT2D eigenvalue weighted by atomic mass is 16.2. The van der Waals surface area contributed by atoms with Crippen LogP contribution in [0.25, 0.3) is 0 Å². The second-order valence-corrected chi connectivity index (χ2v) is 6.37. The van der Waals surface area contributed by atoms with Crippen LogP contribution in [0.2, 0.25) is 0 Å². The highest BCUT2D eigenvalue weighted by molar-refractivity contribution is 6.04. The Morgan fingerprint density at radius 2 is 2.08 bits per heavy atom. The average molecular weight is 333 g/mol. The molecule has 1 aromatic rings. The zero-order valence-corrected chi connectivity index (χ0v) is 13.8. The van der Waals surface area contributed by atoms with Crippen molar-refractivity contribution in [2.75, 3.05) is 13.1 Å². The van der Waals surface area contributed by atoms with E-state index in [1.165, 1.54) is 11.3 Å². The summed E-state index contributed by atoms with van der Waals surface area (Å²) in [4.78, 5) is 36.7. The van der Waals surface area contributed by atoms with E-state index in [0.717, 1.165) is 32.4 Å². The van der Waals surface area contributed by atoms with Crippen molar-refractivity contribution >= 4 is 17.8 Å². The molecule has 130 valence electrons. The molecular formula is C16H23N5O3. The number of likely N-dealkylation sites (tertiary alicyclic amines) is 1. The van der Waals surface area contributed by atoms with Crippen LogP contribution in [-0.2, 0) is 16.0 Å². The molecule has 0 radical (unpaired) electrons. The first-order chi connectivity index (χ1) is 11.6.